The standard InChI is InChI=1S/C16H17FN2O3S/c1-10-4-6-14(8-11(10)2)23(21,22)19-16-9-13(17)5-7-15(16)18-12(3)20/h4-9,19H,1-3H3,(H,18,20). The predicted molar refractivity (Wildman–Crippen MR) is 87.4 cm³/mol. The monoisotopic (exact) mass is 336 g/mol. The lowest BCUT2D eigenvalue weighted by Gasteiger charge is -2.14. The molecule has 2 rings (SSSR count). The lowest BCUT2D eigenvalue weighted by molar-refractivity contribution is -0.114. The van der Waals surface area contributed by atoms with Gasteiger partial charge in [-0.05, 0) is 49.2 Å². The maximum atomic E-state index is 13.4. The minimum Gasteiger partial charge on any atom is -0.325 e. The zero-order valence-electron chi connectivity index (χ0n) is 13.0. The van der Waals surface area contributed by atoms with E-state index < -0.39 is 15.8 Å². The summed E-state index contributed by atoms with van der Waals surface area (Å²) in [5, 5.41) is 2.46. The molecule has 0 fully saturated rings. The molecule has 122 valence electrons. The van der Waals surface area contributed by atoms with Gasteiger partial charge in [0.2, 0.25) is 5.91 Å². The van der Waals surface area contributed by atoms with E-state index in [2.05, 4.69) is 10.0 Å². The highest BCUT2D eigenvalue weighted by Crippen LogP contribution is 2.26. The topological polar surface area (TPSA) is 75.3 Å². The van der Waals surface area contributed by atoms with Gasteiger partial charge < -0.3 is 5.32 Å². The predicted octanol–water partition coefficient (Wildman–Crippen LogP) is 3.20. The Morgan fingerprint density at radius 1 is 1.00 bits per heavy atom. The fraction of sp³-hybridized carbons (Fsp3) is 0.188. The Kier molecular flexibility index (Phi) is 4.70. The third-order valence-corrected chi connectivity index (χ3v) is 4.69. The van der Waals surface area contributed by atoms with Crippen molar-refractivity contribution in [2.45, 2.75) is 25.7 Å². The zero-order chi connectivity index (χ0) is 17.2. The van der Waals surface area contributed by atoms with Crippen LogP contribution in [0.2, 0.25) is 0 Å². The van der Waals surface area contributed by atoms with Crippen LogP contribution >= 0.6 is 0 Å². The molecule has 0 saturated carbocycles. The van der Waals surface area contributed by atoms with Gasteiger partial charge in [0, 0.05) is 13.0 Å². The highest BCUT2D eigenvalue weighted by molar-refractivity contribution is 7.92. The number of aryl methyl sites for hydroxylation is 2. The van der Waals surface area contributed by atoms with E-state index in [0.29, 0.717) is 0 Å². The van der Waals surface area contributed by atoms with Gasteiger partial charge in [-0.25, -0.2) is 12.8 Å². The number of halogens is 1. The Morgan fingerprint density at radius 2 is 1.70 bits per heavy atom. The molecular weight excluding hydrogens is 319 g/mol. The molecule has 1 amide bonds. The van der Waals surface area contributed by atoms with E-state index in [4.69, 9.17) is 0 Å². The van der Waals surface area contributed by atoms with Gasteiger partial charge >= 0.3 is 0 Å². The van der Waals surface area contributed by atoms with Crippen LogP contribution in [0.25, 0.3) is 0 Å². The van der Waals surface area contributed by atoms with Crippen LogP contribution in [-0.2, 0) is 14.8 Å². The van der Waals surface area contributed by atoms with Crippen LogP contribution in [0.3, 0.4) is 0 Å². The largest absolute Gasteiger partial charge is 0.325 e. The third kappa shape index (κ3) is 4.07. The number of carbonyl (C=O) groups is 1. The summed E-state index contributed by atoms with van der Waals surface area (Å²) in [7, 11) is -3.90. The van der Waals surface area contributed by atoms with E-state index in [-0.39, 0.29) is 22.2 Å². The first kappa shape index (κ1) is 17.0. The SMILES string of the molecule is CC(=O)Nc1ccc(F)cc1NS(=O)(=O)c1ccc(C)c(C)c1. The molecule has 7 heteroatoms. The molecule has 0 aliphatic heterocycles. The quantitative estimate of drug-likeness (QED) is 0.900. The van der Waals surface area contributed by atoms with Crippen molar-refractivity contribution >= 4 is 27.3 Å². The maximum absolute atomic E-state index is 13.4. The van der Waals surface area contributed by atoms with Gasteiger partial charge in [-0.2, -0.15) is 0 Å². The van der Waals surface area contributed by atoms with Crippen LogP contribution in [0.4, 0.5) is 15.8 Å². The Morgan fingerprint density at radius 3 is 2.30 bits per heavy atom. The maximum Gasteiger partial charge on any atom is 0.261 e. The summed E-state index contributed by atoms with van der Waals surface area (Å²) >= 11 is 0. The molecule has 2 N–H and O–H groups in total. The van der Waals surface area contributed by atoms with Crippen LogP contribution < -0.4 is 10.0 Å². The average molecular weight is 336 g/mol. The molecule has 0 radical (unpaired) electrons. The van der Waals surface area contributed by atoms with Crippen LogP contribution in [0.5, 0.6) is 0 Å². The van der Waals surface area contributed by atoms with E-state index in [1.54, 1.807) is 13.0 Å². The van der Waals surface area contributed by atoms with Gasteiger partial charge in [0.1, 0.15) is 5.82 Å². The first-order chi connectivity index (χ1) is 10.7. The molecule has 0 spiro atoms. The molecule has 0 heterocycles. The number of rotatable bonds is 4. The highest BCUT2D eigenvalue weighted by atomic mass is 32.2. The molecule has 0 aliphatic carbocycles. The third-order valence-electron chi connectivity index (χ3n) is 3.33. The van der Waals surface area contributed by atoms with E-state index in [9.17, 15) is 17.6 Å². The number of hydrogen-bond acceptors (Lipinski definition) is 3. The number of hydrogen-bond donors (Lipinski definition) is 2. The minimum absolute atomic E-state index is 0.0292. The molecule has 0 atom stereocenters. The van der Waals surface area contributed by atoms with Crippen molar-refractivity contribution in [2.75, 3.05) is 10.0 Å². The molecule has 2 aromatic carbocycles. The van der Waals surface area contributed by atoms with Gasteiger partial charge in [0.15, 0.2) is 0 Å². The lowest BCUT2D eigenvalue weighted by Crippen LogP contribution is -2.16. The number of amides is 1. The minimum atomic E-state index is -3.90. The van der Waals surface area contributed by atoms with E-state index in [1.807, 2.05) is 6.92 Å². The van der Waals surface area contributed by atoms with Gasteiger partial charge in [0.25, 0.3) is 10.0 Å². The molecule has 0 aromatic heterocycles. The normalized spacial score (nSPS) is 11.1. The second-order valence-corrected chi connectivity index (χ2v) is 6.91. The second-order valence-electron chi connectivity index (χ2n) is 5.22. The summed E-state index contributed by atoms with van der Waals surface area (Å²) in [5.41, 5.74) is 1.95. The van der Waals surface area contributed by atoms with Crippen LogP contribution in [0.15, 0.2) is 41.3 Å². The fourth-order valence-electron chi connectivity index (χ4n) is 1.98. The Balaban J connectivity index is 2.42. The average Bonchev–Trinajstić information content (AvgIpc) is 2.44. The van der Waals surface area contributed by atoms with Crippen molar-refractivity contribution in [1.82, 2.24) is 0 Å². The summed E-state index contributed by atoms with van der Waals surface area (Å²) in [6.45, 7) is 4.96. The first-order valence-corrected chi connectivity index (χ1v) is 8.34. The van der Waals surface area contributed by atoms with Crippen LogP contribution in [0.1, 0.15) is 18.1 Å². The van der Waals surface area contributed by atoms with Gasteiger partial charge in [-0.3, -0.25) is 9.52 Å². The molecule has 2 aromatic rings. The molecule has 0 saturated heterocycles. The Labute approximate surface area is 134 Å². The van der Waals surface area contributed by atoms with E-state index >= 15 is 0 Å². The van der Waals surface area contributed by atoms with E-state index in [1.165, 1.54) is 25.1 Å². The lowest BCUT2D eigenvalue weighted by atomic mass is 10.1. The number of carbonyl (C=O) groups excluding carboxylic acids is 1. The molecule has 0 unspecified atom stereocenters. The van der Waals surface area contributed by atoms with E-state index in [0.717, 1.165) is 23.3 Å². The molecule has 5 nitrogen and oxygen atoms in total. The van der Waals surface area contributed by atoms with Crippen LogP contribution in [-0.4, -0.2) is 14.3 Å². The van der Waals surface area contributed by atoms with Crippen molar-refractivity contribution in [3.05, 3.63) is 53.3 Å². The number of anilines is 2. The highest BCUT2D eigenvalue weighted by Gasteiger charge is 2.17. The second kappa shape index (κ2) is 6.37. The smallest absolute Gasteiger partial charge is 0.261 e. The number of sulfonamides is 1. The summed E-state index contributed by atoms with van der Waals surface area (Å²) in [4.78, 5) is 11.3. The first-order valence-electron chi connectivity index (χ1n) is 6.86. The summed E-state index contributed by atoms with van der Waals surface area (Å²) in [6, 6.07) is 8.17. The van der Waals surface area contributed by atoms with Crippen LogP contribution in [0, 0.1) is 19.7 Å². The fourth-order valence-corrected chi connectivity index (χ4v) is 3.14. The number of benzene rings is 2. The Hall–Kier alpha value is -2.41. The molecule has 23 heavy (non-hydrogen) atoms. The van der Waals surface area contributed by atoms with Crippen molar-refractivity contribution in [1.29, 1.82) is 0 Å². The van der Waals surface area contributed by atoms with Crippen molar-refractivity contribution in [3.8, 4) is 0 Å². The van der Waals surface area contributed by atoms with Crippen molar-refractivity contribution < 1.29 is 17.6 Å². The summed E-state index contributed by atoms with van der Waals surface area (Å²) in [6.07, 6.45) is 0. The van der Waals surface area contributed by atoms with Gasteiger partial charge in [-0.1, -0.05) is 6.07 Å². The Bertz CT molecular complexity index is 864. The zero-order valence-corrected chi connectivity index (χ0v) is 13.8. The number of nitrogens with one attached hydrogen (secondary N) is 2. The van der Waals surface area contributed by atoms with Crippen molar-refractivity contribution in [2.24, 2.45) is 0 Å². The summed E-state index contributed by atoms with van der Waals surface area (Å²) < 4.78 is 40.7. The van der Waals surface area contributed by atoms with Gasteiger partial charge in [0.05, 0.1) is 16.3 Å². The molecular formula is C16H17FN2O3S. The molecule has 0 aliphatic rings. The van der Waals surface area contributed by atoms with Crippen molar-refractivity contribution in [3.63, 3.8) is 0 Å². The van der Waals surface area contributed by atoms with Gasteiger partial charge in [-0.15, -0.1) is 0 Å². The molecule has 0 bridgehead atoms. The summed E-state index contributed by atoms with van der Waals surface area (Å²) in [5.74, 6) is -1.000.